The predicted molar refractivity (Wildman–Crippen MR) is 124 cm³/mol. The van der Waals surface area contributed by atoms with Crippen LogP contribution in [-0.2, 0) is 13.0 Å². The number of nitrogens with one attached hydrogen (secondary N) is 2. The Morgan fingerprint density at radius 3 is 2.61 bits per heavy atom. The van der Waals surface area contributed by atoms with Gasteiger partial charge in [-0.2, -0.15) is 9.37 Å². The van der Waals surface area contributed by atoms with E-state index in [0.717, 1.165) is 43.9 Å². The Hall–Kier alpha value is -3.36. The largest absolute Gasteiger partial charge is 0.433 e. The molecule has 8 heteroatoms. The van der Waals surface area contributed by atoms with E-state index >= 15 is 4.39 Å². The number of fused-ring (bicyclic) bond motifs is 1. The Bertz CT molecular complexity index is 1190. The minimum Gasteiger partial charge on any atom is -0.433 e. The Kier molecular flexibility index (Phi) is 6.02. The second-order valence-electron chi connectivity index (χ2n) is 8.41. The quantitative estimate of drug-likeness (QED) is 0.571. The lowest BCUT2D eigenvalue weighted by atomic mass is 10.1. The monoisotopic (exact) mass is 449 g/mol. The molecule has 1 fully saturated rings. The molecule has 2 aromatic carbocycles. The normalized spacial score (nSPS) is 15.8. The molecule has 6 nitrogen and oxygen atoms in total. The fourth-order valence-corrected chi connectivity index (χ4v) is 4.17. The first-order chi connectivity index (χ1) is 16.1. The van der Waals surface area contributed by atoms with Crippen LogP contribution in [0.1, 0.15) is 23.6 Å². The Balaban J connectivity index is 1.30. The number of piperazine rings is 1. The Morgan fingerprint density at radius 2 is 1.82 bits per heavy atom. The molecule has 2 N–H and O–H groups in total. The van der Waals surface area contributed by atoms with Crippen LogP contribution in [-0.4, -0.2) is 41.0 Å². The van der Waals surface area contributed by atoms with Crippen LogP contribution in [0.15, 0.2) is 48.3 Å². The summed E-state index contributed by atoms with van der Waals surface area (Å²) in [4.78, 5) is 10.2. The first-order valence-corrected chi connectivity index (χ1v) is 11.0. The second kappa shape index (κ2) is 9.25. The van der Waals surface area contributed by atoms with Gasteiger partial charge in [-0.15, -0.1) is 0 Å². The number of anilines is 2. The van der Waals surface area contributed by atoms with Gasteiger partial charge >= 0.3 is 0 Å². The van der Waals surface area contributed by atoms with E-state index < -0.39 is 11.6 Å². The molecule has 1 aromatic heterocycles. The number of halogens is 2. The standard InChI is InChI=1S/C25H25F2N5O/c1-16-12-18-4-7-21(22(26)20(18)13-16)33-25-23(27)24(29-15-30-25)31-19-5-2-17(3-6-19)14-32-10-8-28-9-11-32/h2-7,13,15,28H,8-12,14H2,1H3,(H,29,30,31). The molecule has 0 amide bonds. The molecule has 170 valence electrons. The van der Waals surface area contributed by atoms with Gasteiger partial charge in [0.05, 0.1) is 0 Å². The summed E-state index contributed by atoms with van der Waals surface area (Å²) < 4.78 is 35.4. The molecule has 0 saturated carbocycles. The molecule has 0 unspecified atom stereocenters. The third kappa shape index (κ3) is 4.72. The molecule has 2 heterocycles. The third-order valence-corrected chi connectivity index (χ3v) is 5.89. The van der Waals surface area contributed by atoms with E-state index in [0.29, 0.717) is 17.7 Å². The third-order valence-electron chi connectivity index (χ3n) is 5.89. The second-order valence-corrected chi connectivity index (χ2v) is 8.41. The highest BCUT2D eigenvalue weighted by molar-refractivity contribution is 5.66. The number of benzene rings is 2. The van der Waals surface area contributed by atoms with Gasteiger partial charge in [0.2, 0.25) is 5.82 Å². The van der Waals surface area contributed by atoms with E-state index in [4.69, 9.17) is 4.74 Å². The van der Waals surface area contributed by atoms with Gasteiger partial charge in [0.25, 0.3) is 5.88 Å². The fourth-order valence-electron chi connectivity index (χ4n) is 4.17. The molecule has 0 bridgehead atoms. The number of ether oxygens (including phenoxy) is 1. The molecule has 2 aliphatic rings. The van der Waals surface area contributed by atoms with E-state index in [1.165, 1.54) is 18.0 Å². The number of hydrogen-bond donors (Lipinski definition) is 2. The topological polar surface area (TPSA) is 62.3 Å². The van der Waals surface area contributed by atoms with Gasteiger partial charge in [-0.25, -0.2) is 9.37 Å². The van der Waals surface area contributed by atoms with Crippen molar-refractivity contribution in [1.29, 1.82) is 0 Å². The van der Waals surface area contributed by atoms with Gasteiger partial charge in [0, 0.05) is 44.0 Å². The van der Waals surface area contributed by atoms with E-state index in [1.807, 2.05) is 31.2 Å². The maximum Gasteiger partial charge on any atom is 0.261 e. The van der Waals surface area contributed by atoms with Crippen molar-refractivity contribution in [3.63, 3.8) is 0 Å². The minimum absolute atomic E-state index is 0.0350. The van der Waals surface area contributed by atoms with Gasteiger partial charge in [-0.3, -0.25) is 4.90 Å². The van der Waals surface area contributed by atoms with Crippen molar-refractivity contribution in [2.75, 3.05) is 31.5 Å². The van der Waals surface area contributed by atoms with E-state index in [-0.39, 0.29) is 17.4 Å². The van der Waals surface area contributed by atoms with Crippen LogP contribution >= 0.6 is 0 Å². The zero-order valence-electron chi connectivity index (χ0n) is 18.4. The van der Waals surface area contributed by atoms with Crippen LogP contribution in [0, 0.1) is 11.6 Å². The molecule has 0 spiro atoms. The first-order valence-electron chi connectivity index (χ1n) is 11.0. The minimum atomic E-state index is -0.783. The van der Waals surface area contributed by atoms with Crippen LogP contribution in [0.5, 0.6) is 11.6 Å². The number of nitrogens with zero attached hydrogens (tertiary/aromatic N) is 3. The van der Waals surface area contributed by atoms with Gasteiger partial charge in [-0.1, -0.05) is 29.8 Å². The van der Waals surface area contributed by atoms with E-state index in [9.17, 15) is 4.39 Å². The smallest absolute Gasteiger partial charge is 0.261 e. The van der Waals surface area contributed by atoms with Crippen molar-refractivity contribution in [1.82, 2.24) is 20.2 Å². The van der Waals surface area contributed by atoms with Crippen LogP contribution < -0.4 is 15.4 Å². The first kappa shape index (κ1) is 21.5. The molecule has 3 aromatic rings. The van der Waals surface area contributed by atoms with Crippen LogP contribution in [0.2, 0.25) is 0 Å². The Labute approximate surface area is 191 Å². The van der Waals surface area contributed by atoms with Crippen LogP contribution in [0.3, 0.4) is 0 Å². The highest BCUT2D eigenvalue weighted by atomic mass is 19.1. The van der Waals surface area contributed by atoms with Crippen molar-refractivity contribution >= 4 is 17.6 Å². The summed E-state index contributed by atoms with van der Waals surface area (Å²) in [6.07, 6.45) is 3.68. The van der Waals surface area contributed by atoms with Gasteiger partial charge in [0.1, 0.15) is 6.33 Å². The summed E-state index contributed by atoms with van der Waals surface area (Å²) in [5, 5.41) is 6.30. The van der Waals surface area contributed by atoms with Gasteiger partial charge in [-0.05, 0) is 42.7 Å². The molecule has 1 saturated heterocycles. The maximum absolute atomic E-state index is 15.0. The van der Waals surface area contributed by atoms with Crippen molar-refractivity contribution in [3.05, 3.63) is 76.6 Å². The number of aromatic nitrogens is 2. The summed E-state index contributed by atoms with van der Waals surface area (Å²) in [6.45, 7) is 6.87. The molecule has 1 aliphatic heterocycles. The van der Waals surface area contributed by atoms with Crippen molar-refractivity contribution in [3.8, 4) is 11.6 Å². The Morgan fingerprint density at radius 1 is 1.03 bits per heavy atom. The zero-order valence-corrected chi connectivity index (χ0v) is 18.4. The summed E-state index contributed by atoms with van der Waals surface area (Å²) >= 11 is 0. The average molecular weight is 450 g/mol. The van der Waals surface area contributed by atoms with Gasteiger partial charge < -0.3 is 15.4 Å². The highest BCUT2D eigenvalue weighted by Crippen LogP contribution is 2.35. The van der Waals surface area contributed by atoms with Crippen molar-refractivity contribution < 1.29 is 13.5 Å². The summed E-state index contributed by atoms with van der Waals surface area (Å²) in [5.41, 5.74) is 4.32. The number of allylic oxidation sites excluding steroid dienone is 1. The van der Waals surface area contributed by atoms with E-state index in [1.54, 1.807) is 12.1 Å². The summed E-state index contributed by atoms with van der Waals surface area (Å²) in [5.74, 6) is -1.74. The van der Waals surface area contributed by atoms with Gasteiger partial charge in [0.15, 0.2) is 17.4 Å². The molecule has 33 heavy (non-hydrogen) atoms. The lowest BCUT2D eigenvalue weighted by molar-refractivity contribution is 0.233. The molecular weight excluding hydrogens is 424 g/mol. The van der Waals surface area contributed by atoms with Crippen molar-refractivity contribution in [2.24, 2.45) is 0 Å². The number of hydrogen-bond acceptors (Lipinski definition) is 6. The fraction of sp³-hybridized carbons (Fsp3) is 0.280. The average Bonchev–Trinajstić information content (AvgIpc) is 3.21. The molecule has 0 radical (unpaired) electrons. The molecule has 1 aliphatic carbocycles. The summed E-state index contributed by atoms with van der Waals surface area (Å²) in [6, 6.07) is 11.1. The lowest BCUT2D eigenvalue weighted by Crippen LogP contribution is -2.42. The number of rotatable bonds is 6. The van der Waals surface area contributed by atoms with Crippen molar-refractivity contribution in [2.45, 2.75) is 19.9 Å². The highest BCUT2D eigenvalue weighted by Gasteiger charge is 2.21. The lowest BCUT2D eigenvalue weighted by Gasteiger charge is -2.27. The maximum atomic E-state index is 15.0. The SMILES string of the molecule is CC1=Cc2c(ccc(Oc3ncnc(Nc4ccc(CN5CCNCC5)cc4)c3F)c2F)C1. The summed E-state index contributed by atoms with van der Waals surface area (Å²) in [7, 11) is 0. The molecule has 0 atom stereocenters. The molecular formula is C25H25F2N5O. The molecule has 5 rings (SSSR count). The zero-order chi connectivity index (χ0) is 22.8. The predicted octanol–water partition coefficient (Wildman–Crippen LogP) is 4.66. The van der Waals surface area contributed by atoms with Crippen LogP contribution in [0.25, 0.3) is 6.08 Å². The van der Waals surface area contributed by atoms with E-state index in [2.05, 4.69) is 25.5 Å². The van der Waals surface area contributed by atoms with Crippen LogP contribution in [0.4, 0.5) is 20.3 Å².